The van der Waals surface area contributed by atoms with E-state index in [2.05, 4.69) is 20.4 Å². The molecule has 0 aromatic carbocycles. The van der Waals surface area contributed by atoms with Crippen LogP contribution in [0.5, 0.6) is 0 Å². The summed E-state index contributed by atoms with van der Waals surface area (Å²) in [5, 5.41) is 7.10. The zero-order valence-corrected chi connectivity index (χ0v) is 13.9. The van der Waals surface area contributed by atoms with Crippen LogP contribution >= 0.6 is 0 Å². The second-order valence-corrected chi connectivity index (χ2v) is 6.03. The van der Waals surface area contributed by atoms with Crippen LogP contribution in [-0.4, -0.2) is 52.6 Å². The normalized spacial score (nSPS) is 15.6. The quantitative estimate of drug-likeness (QED) is 0.814. The summed E-state index contributed by atoms with van der Waals surface area (Å²) in [6.07, 6.45) is 4.93. The van der Waals surface area contributed by atoms with Crippen LogP contribution in [0.2, 0.25) is 0 Å². The summed E-state index contributed by atoms with van der Waals surface area (Å²) in [7, 11) is 1.90. The highest BCUT2D eigenvalue weighted by atomic mass is 16.5. The van der Waals surface area contributed by atoms with Gasteiger partial charge in [-0.1, -0.05) is 11.2 Å². The third-order valence-corrected chi connectivity index (χ3v) is 4.35. The van der Waals surface area contributed by atoms with Gasteiger partial charge < -0.3 is 14.7 Å². The Morgan fingerprint density at radius 2 is 2.21 bits per heavy atom. The molecule has 3 rings (SSSR count). The molecular formula is C17H23N5O2. The van der Waals surface area contributed by atoms with Gasteiger partial charge in [-0.2, -0.15) is 4.98 Å². The summed E-state index contributed by atoms with van der Waals surface area (Å²) in [6.45, 7) is 2.38. The molecule has 1 aliphatic rings. The Kier molecular flexibility index (Phi) is 5.53. The summed E-state index contributed by atoms with van der Waals surface area (Å²) in [5.74, 6) is 1.63. The number of hydrogen-bond acceptors (Lipinski definition) is 6. The minimum absolute atomic E-state index is 0.219. The number of nitrogens with zero attached hydrogens (tertiary/aromatic N) is 4. The maximum absolute atomic E-state index is 12.1. The third kappa shape index (κ3) is 3.97. The molecule has 128 valence electrons. The molecule has 7 nitrogen and oxygen atoms in total. The number of hydrogen-bond donors (Lipinski definition) is 1. The van der Waals surface area contributed by atoms with E-state index in [0.29, 0.717) is 23.8 Å². The van der Waals surface area contributed by atoms with E-state index >= 15 is 0 Å². The van der Waals surface area contributed by atoms with Crippen molar-refractivity contribution in [2.24, 2.45) is 0 Å². The Morgan fingerprint density at radius 1 is 1.38 bits per heavy atom. The number of nitrogens with one attached hydrogen (secondary N) is 1. The van der Waals surface area contributed by atoms with Crippen molar-refractivity contribution < 1.29 is 9.32 Å². The molecule has 0 atom stereocenters. The molecule has 3 heterocycles. The van der Waals surface area contributed by atoms with Crippen molar-refractivity contribution >= 4 is 5.91 Å². The molecule has 0 aliphatic carbocycles. The maximum atomic E-state index is 12.1. The largest absolute Gasteiger partial charge is 0.343 e. The third-order valence-electron chi connectivity index (χ3n) is 4.35. The molecule has 1 fully saturated rings. The second kappa shape index (κ2) is 8.01. The Balaban J connectivity index is 1.54. The highest BCUT2D eigenvalue weighted by Crippen LogP contribution is 2.28. The highest BCUT2D eigenvalue weighted by Gasteiger charge is 2.27. The van der Waals surface area contributed by atoms with Gasteiger partial charge in [-0.05, 0) is 45.0 Å². The van der Waals surface area contributed by atoms with E-state index in [9.17, 15) is 4.79 Å². The van der Waals surface area contributed by atoms with Crippen LogP contribution in [0.1, 0.15) is 37.5 Å². The van der Waals surface area contributed by atoms with Gasteiger partial charge in [-0.25, -0.2) is 0 Å². The van der Waals surface area contributed by atoms with Crippen molar-refractivity contribution in [1.29, 1.82) is 0 Å². The van der Waals surface area contributed by atoms with Gasteiger partial charge in [0, 0.05) is 31.6 Å². The lowest BCUT2D eigenvalue weighted by molar-refractivity contribution is -0.132. The highest BCUT2D eigenvalue weighted by molar-refractivity contribution is 5.76. The van der Waals surface area contributed by atoms with Gasteiger partial charge in [0.1, 0.15) is 5.69 Å². The topological polar surface area (TPSA) is 84.2 Å². The zero-order chi connectivity index (χ0) is 16.8. The van der Waals surface area contributed by atoms with Crippen LogP contribution < -0.4 is 5.32 Å². The van der Waals surface area contributed by atoms with Crippen LogP contribution in [0.3, 0.4) is 0 Å². The fourth-order valence-electron chi connectivity index (χ4n) is 2.95. The van der Waals surface area contributed by atoms with Crippen LogP contribution in [0.4, 0.5) is 0 Å². The number of piperidine rings is 1. The lowest BCUT2D eigenvalue weighted by Crippen LogP contribution is -2.38. The SMILES string of the molecule is CNCCCC(=O)N1CCC(c2nc(-c3ccccn3)no2)CC1. The summed E-state index contributed by atoms with van der Waals surface area (Å²) < 4.78 is 5.42. The van der Waals surface area contributed by atoms with Crippen LogP contribution in [0.15, 0.2) is 28.9 Å². The van der Waals surface area contributed by atoms with Gasteiger partial charge in [0.15, 0.2) is 0 Å². The number of likely N-dealkylation sites (tertiary alicyclic amines) is 1. The first-order valence-corrected chi connectivity index (χ1v) is 8.45. The second-order valence-electron chi connectivity index (χ2n) is 6.03. The first-order chi connectivity index (χ1) is 11.8. The van der Waals surface area contributed by atoms with Crippen molar-refractivity contribution in [2.45, 2.75) is 31.6 Å². The minimum Gasteiger partial charge on any atom is -0.343 e. The molecule has 7 heteroatoms. The Hall–Kier alpha value is -2.28. The molecule has 2 aromatic heterocycles. The van der Waals surface area contributed by atoms with Gasteiger partial charge in [0.25, 0.3) is 0 Å². The Morgan fingerprint density at radius 3 is 2.92 bits per heavy atom. The molecule has 1 amide bonds. The van der Waals surface area contributed by atoms with Crippen molar-refractivity contribution in [3.63, 3.8) is 0 Å². The summed E-state index contributed by atoms with van der Waals surface area (Å²) in [6, 6.07) is 5.62. The molecule has 0 bridgehead atoms. The van der Waals surface area contributed by atoms with E-state index < -0.39 is 0 Å². The van der Waals surface area contributed by atoms with Crippen molar-refractivity contribution in [3.05, 3.63) is 30.3 Å². The number of rotatable bonds is 6. The van der Waals surface area contributed by atoms with Crippen molar-refractivity contribution in [2.75, 3.05) is 26.7 Å². The molecule has 0 saturated carbocycles. The minimum atomic E-state index is 0.219. The molecule has 2 aromatic rings. The van der Waals surface area contributed by atoms with Crippen LogP contribution in [0.25, 0.3) is 11.5 Å². The van der Waals surface area contributed by atoms with Crippen LogP contribution in [0, 0.1) is 0 Å². The van der Waals surface area contributed by atoms with Gasteiger partial charge in [0.05, 0.1) is 0 Å². The predicted molar refractivity (Wildman–Crippen MR) is 89.2 cm³/mol. The molecule has 24 heavy (non-hydrogen) atoms. The summed E-state index contributed by atoms with van der Waals surface area (Å²) in [4.78, 5) is 22.8. The fraction of sp³-hybridized carbons (Fsp3) is 0.529. The lowest BCUT2D eigenvalue weighted by Gasteiger charge is -2.30. The fourth-order valence-corrected chi connectivity index (χ4v) is 2.95. The molecule has 0 radical (unpaired) electrons. The van der Waals surface area contributed by atoms with E-state index in [1.165, 1.54) is 0 Å². The maximum Gasteiger partial charge on any atom is 0.230 e. The van der Waals surface area contributed by atoms with E-state index in [1.54, 1.807) is 6.20 Å². The van der Waals surface area contributed by atoms with Crippen molar-refractivity contribution in [1.82, 2.24) is 25.3 Å². The van der Waals surface area contributed by atoms with Crippen molar-refractivity contribution in [3.8, 4) is 11.5 Å². The number of amides is 1. The van der Waals surface area contributed by atoms with Gasteiger partial charge in [0.2, 0.25) is 17.6 Å². The van der Waals surface area contributed by atoms with Gasteiger partial charge >= 0.3 is 0 Å². The predicted octanol–water partition coefficient (Wildman–Crippen LogP) is 1.84. The first-order valence-electron chi connectivity index (χ1n) is 8.45. The number of carbonyl (C=O) groups is 1. The smallest absolute Gasteiger partial charge is 0.230 e. The Bertz CT molecular complexity index is 650. The average molecular weight is 329 g/mol. The number of carbonyl (C=O) groups excluding carboxylic acids is 1. The molecular weight excluding hydrogens is 306 g/mol. The van der Waals surface area contributed by atoms with E-state index in [4.69, 9.17) is 4.52 Å². The van der Waals surface area contributed by atoms with Gasteiger partial charge in [-0.15, -0.1) is 0 Å². The number of pyridine rings is 1. The van der Waals surface area contributed by atoms with E-state index in [1.807, 2.05) is 30.1 Å². The zero-order valence-electron chi connectivity index (χ0n) is 13.9. The molecule has 1 saturated heterocycles. The summed E-state index contributed by atoms with van der Waals surface area (Å²) >= 11 is 0. The molecule has 0 spiro atoms. The first kappa shape index (κ1) is 16.6. The molecule has 1 N–H and O–H groups in total. The monoisotopic (exact) mass is 329 g/mol. The average Bonchev–Trinajstić information content (AvgIpc) is 3.13. The lowest BCUT2D eigenvalue weighted by atomic mass is 9.96. The molecule has 0 unspecified atom stereocenters. The number of aromatic nitrogens is 3. The summed E-state index contributed by atoms with van der Waals surface area (Å²) in [5.41, 5.74) is 0.713. The molecule has 1 aliphatic heterocycles. The van der Waals surface area contributed by atoms with E-state index in [-0.39, 0.29) is 11.8 Å². The standard InChI is InChI=1S/C17H23N5O2/c1-18-9-4-6-15(23)22-11-7-13(8-12-22)17-20-16(21-24-17)14-5-2-3-10-19-14/h2-3,5,10,13,18H,4,6-9,11-12H2,1H3. The van der Waals surface area contributed by atoms with Crippen LogP contribution in [-0.2, 0) is 4.79 Å². The Labute approximate surface area is 141 Å². The van der Waals surface area contributed by atoms with E-state index in [0.717, 1.165) is 38.9 Å². The van der Waals surface area contributed by atoms with Gasteiger partial charge in [-0.3, -0.25) is 9.78 Å².